The molecule has 0 saturated heterocycles. The van der Waals surface area contributed by atoms with Crippen LogP contribution in [0.2, 0.25) is 0 Å². The van der Waals surface area contributed by atoms with Gasteiger partial charge in [-0.05, 0) is 67.5 Å². The second kappa shape index (κ2) is 9.66. The molecule has 0 aromatic heterocycles. The molecule has 0 saturated carbocycles. The Morgan fingerprint density at radius 1 is 1.18 bits per heavy atom. The third kappa shape index (κ3) is 5.77. The van der Waals surface area contributed by atoms with Crippen molar-refractivity contribution in [2.45, 2.75) is 25.5 Å². The fraction of sp³-hybridized carbons (Fsp3) is 0.250. The van der Waals surface area contributed by atoms with Gasteiger partial charge in [-0.3, -0.25) is 10.4 Å². The molecule has 0 radical (unpaired) electrons. The van der Waals surface area contributed by atoms with E-state index in [0.717, 1.165) is 35.1 Å². The highest BCUT2D eigenvalue weighted by Crippen LogP contribution is 2.24. The summed E-state index contributed by atoms with van der Waals surface area (Å²) in [5.74, 6) is -0.292. The molecular formula is C20H22FN5S2. The third-order valence-corrected chi connectivity index (χ3v) is 5.62. The molecule has 3 N–H and O–H groups in total. The van der Waals surface area contributed by atoms with Gasteiger partial charge in [-0.25, -0.2) is 4.39 Å². The van der Waals surface area contributed by atoms with Crippen LogP contribution in [0.5, 0.6) is 0 Å². The van der Waals surface area contributed by atoms with Crippen molar-refractivity contribution in [3.63, 3.8) is 0 Å². The van der Waals surface area contributed by atoms with Crippen molar-refractivity contribution >= 4 is 51.3 Å². The van der Waals surface area contributed by atoms with E-state index in [0.29, 0.717) is 16.0 Å². The van der Waals surface area contributed by atoms with Crippen molar-refractivity contribution in [3.05, 3.63) is 59.9 Å². The molecule has 0 amide bonds. The number of hydrazone groups is 1. The Balaban J connectivity index is 1.52. The number of amidine groups is 1. The van der Waals surface area contributed by atoms with Crippen LogP contribution in [-0.2, 0) is 0 Å². The summed E-state index contributed by atoms with van der Waals surface area (Å²) in [7, 11) is 0. The van der Waals surface area contributed by atoms with Gasteiger partial charge in [-0.1, -0.05) is 30.8 Å². The van der Waals surface area contributed by atoms with E-state index in [9.17, 15) is 4.39 Å². The SMILES string of the molecule is CC[C@H]1CN=C(Nc2ccc(/C(C)=N\NC(=S)Nc3ccc(F)cc3)cc2)S1. The fourth-order valence-electron chi connectivity index (χ4n) is 2.51. The lowest BCUT2D eigenvalue weighted by atomic mass is 10.1. The first kappa shape index (κ1) is 20.3. The van der Waals surface area contributed by atoms with E-state index in [-0.39, 0.29) is 5.82 Å². The van der Waals surface area contributed by atoms with E-state index < -0.39 is 0 Å². The number of nitrogens with one attached hydrogen (secondary N) is 3. The maximum atomic E-state index is 12.9. The molecule has 0 fully saturated rings. The van der Waals surface area contributed by atoms with Crippen LogP contribution in [-0.4, -0.2) is 27.8 Å². The van der Waals surface area contributed by atoms with Gasteiger partial charge < -0.3 is 10.6 Å². The minimum absolute atomic E-state index is 0.292. The predicted molar refractivity (Wildman–Crippen MR) is 122 cm³/mol. The molecule has 1 heterocycles. The molecule has 8 heteroatoms. The summed E-state index contributed by atoms with van der Waals surface area (Å²) in [4.78, 5) is 4.52. The van der Waals surface area contributed by atoms with E-state index in [1.807, 2.05) is 31.2 Å². The number of anilines is 2. The van der Waals surface area contributed by atoms with Gasteiger partial charge in [0.2, 0.25) is 0 Å². The molecule has 1 atom stereocenters. The first-order valence-corrected chi connectivity index (χ1v) is 10.3. The van der Waals surface area contributed by atoms with Crippen LogP contribution >= 0.6 is 24.0 Å². The quantitative estimate of drug-likeness (QED) is 0.371. The number of hydrogen-bond donors (Lipinski definition) is 3. The number of hydrogen-bond acceptors (Lipinski definition) is 5. The van der Waals surface area contributed by atoms with Crippen LogP contribution in [0.3, 0.4) is 0 Å². The standard InChI is InChI=1S/C20H22FN5S2/c1-3-18-12-22-20(28-18)24-17-8-4-14(5-9-17)13(2)25-26-19(27)23-16-10-6-15(21)7-11-16/h4-11,18H,3,12H2,1-2H3,(H,22,24)(H2,23,26,27)/b25-13-/t18-/m0/s1. The Labute approximate surface area is 173 Å². The Kier molecular flexibility index (Phi) is 7.00. The maximum absolute atomic E-state index is 12.9. The van der Waals surface area contributed by atoms with E-state index >= 15 is 0 Å². The van der Waals surface area contributed by atoms with E-state index in [1.54, 1.807) is 23.9 Å². The van der Waals surface area contributed by atoms with Gasteiger partial charge in [-0.15, -0.1) is 0 Å². The zero-order valence-corrected chi connectivity index (χ0v) is 17.3. The lowest BCUT2D eigenvalue weighted by Crippen LogP contribution is -2.24. The highest BCUT2D eigenvalue weighted by atomic mass is 32.2. The Bertz CT molecular complexity index is 878. The van der Waals surface area contributed by atoms with Crippen molar-refractivity contribution in [1.29, 1.82) is 0 Å². The molecule has 1 aliphatic heterocycles. The number of halogens is 1. The smallest absolute Gasteiger partial charge is 0.191 e. The van der Waals surface area contributed by atoms with Gasteiger partial charge in [0, 0.05) is 16.6 Å². The van der Waals surface area contributed by atoms with Crippen LogP contribution < -0.4 is 16.1 Å². The van der Waals surface area contributed by atoms with E-state index in [4.69, 9.17) is 12.2 Å². The second-order valence-corrected chi connectivity index (χ2v) is 7.96. The number of thioether (sulfide) groups is 1. The molecule has 146 valence electrons. The zero-order chi connectivity index (χ0) is 19.9. The summed E-state index contributed by atoms with van der Waals surface area (Å²) in [5, 5.41) is 12.5. The number of aliphatic imine (C=N–C) groups is 1. The molecule has 2 aromatic rings. The number of rotatable bonds is 5. The normalized spacial score (nSPS) is 16.5. The Morgan fingerprint density at radius 3 is 2.50 bits per heavy atom. The van der Waals surface area contributed by atoms with Gasteiger partial charge in [0.25, 0.3) is 0 Å². The lowest BCUT2D eigenvalue weighted by molar-refractivity contribution is 0.628. The highest BCUT2D eigenvalue weighted by molar-refractivity contribution is 8.15. The summed E-state index contributed by atoms with van der Waals surface area (Å²) < 4.78 is 12.9. The molecule has 0 spiro atoms. The molecule has 2 aromatic carbocycles. The van der Waals surface area contributed by atoms with Crippen molar-refractivity contribution < 1.29 is 4.39 Å². The third-order valence-electron chi connectivity index (χ3n) is 4.15. The molecule has 0 unspecified atom stereocenters. The molecule has 5 nitrogen and oxygen atoms in total. The predicted octanol–water partition coefficient (Wildman–Crippen LogP) is 4.83. The average molecular weight is 416 g/mol. The van der Waals surface area contributed by atoms with Gasteiger partial charge >= 0.3 is 0 Å². The molecule has 0 aliphatic carbocycles. The molecule has 28 heavy (non-hydrogen) atoms. The lowest BCUT2D eigenvalue weighted by Gasteiger charge is -2.09. The van der Waals surface area contributed by atoms with Crippen LogP contribution in [0.25, 0.3) is 0 Å². The van der Waals surface area contributed by atoms with Crippen molar-refractivity contribution in [2.75, 3.05) is 17.2 Å². The van der Waals surface area contributed by atoms with E-state index in [2.05, 4.69) is 33.1 Å². The molecular weight excluding hydrogens is 393 g/mol. The van der Waals surface area contributed by atoms with Gasteiger partial charge in [0.15, 0.2) is 10.3 Å². The summed E-state index contributed by atoms with van der Waals surface area (Å²) in [6, 6.07) is 14.0. The number of nitrogens with zero attached hydrogens (tertiary/aromatic N) is 2. The van der Waals surface area contributed by atoms with Gasteiger partial charge in [0.1, 0.15) is 5.82 Å². The van der Waals surface area contributed by atoms with Crippen LogP contribution in [0, 0.1) is 5.82 Å². The van der Waals surface area contributed by atoms with Crippen LogP contribution in [0.1, 0.15) is 25.8 Å². The zero-order valence-electron chi connectivity index (χ0n) is 15.7. The van der Waals surface area contributed by atoms with Gasteiger partial charge in [0.05, 0.1) is 12.3 Å². The first-order chi connectivity index (χ1) is 13.5. The highest BCUT2D eigenvalue weighted by Gasteiger charge is 2.17. The monoisotopic (exact) mass is 415 g/mol. The Morgan fingerprint density at radius 2 is 1.86 bits per heavy atom. The molecule has 1 aliphatic rings. The van der Waals surface area contributed by atoms with Crippen molar-refractivity contribution in [3.8, 4) is 0 Å². The van der Waals surface area contributed by atoms with E-state index in [1.165, 1.54) is 12.1 Å². The van der Waals surface area contributed by atoms with Crippen molar-refractivity contribution in [1.82, 2.24) is 5.43 Å². The maximum Gasteiger partial charge on any atom is 0.191 e. The van der Waals surface area contributed by atoms with Crippen molar-refractivity contribution in [2.24, 2.45) is 10.1 Å². The first-order valence-electron chi connectivity index (χ1n) is 8.99. The number of benzene rings is 2. The number of thiocarbonyl (C=S) groups is 1. The van der Waals surface area contributed by atoms with Gasteiger partial charge in [-0.2, -0.15) is 5.10 Å². The van der Waals surface area contributed by atoms with Crippen LogP contribution in [0.4, 0.5) is 15.8 Å². The summed E-state index contributed by atoms with van der Waals surface area (Å²) >= 11 is 7.00. The summed E-state index contributed by atoms with van der Waals surface area (Å²) in [6.07, 6.45) is 1.12. The summed E-state index contributed by atoms with van der Waals surface area (Å²) in [6.45, 7) is 4.96. The Hall–Kier alpha value is -2.45. The topological polar surface area (TPSA) is 60.8 Å². The molecule has 3 rings (SSSR count). The largest absolute Gasteiger partial charge is 0.335 e. The minimum atomic E-state index is -0.292. The average Bonchev–Trinajstić information content (AvgIpc) is 3.16. The molecule has 0 bridgehead atoms. The minimum Gasteiger partial charge on any atom is -0.335 e. The van der Waals surface area contributed by atoms with Crippen LogP contribution in [0.15, 0.2) is 58.6 Å². The summed E-state index contributed by atoms with van der Waals surface area (Å²) in [5.41, 5.74) is 6.28. The fourth-order valence-corrected chi connectivity index (χ4v) is 3.63. The second-order valence-electron chi connectivity index (χ2n) is 6.27.